The number of aromatic nitrogens is 4. The molecular formula is C12H16IN5O. The highest BCUT2D eigenvalue weighted by molar-refractivity contribution is 14.1. The van der Waals surface area contributed by atoms with Crippen LogP contribution >= 0.6 is 22.6 Å². The van der Waals surface area contributed by atoms with Crippen LogP contribution in [0, 0.1) is 10.5 Å². The highest BCUT2D eigenvalue weighted by Crippen LogP contribution is 2.31. The number of rotatable bonds is 4. The van der Waals surface area contributed by atoms with Gasteiger partial charge in [-0.2, -0.15) is 5.10 Å². The van der Waals surface area contributed by atoms with Crippen molar-refractivity contribution in [2.24, 2.45) is 7.05 Å². The fourth-order valence-corrected chi connectivity index (χ4v) is 2.36. The lowest BCUT2D eigenvalue weighted by Crippen LogP contribution is -2.04. The quantitative estimate of drug-likeness (QED) is 0.833. The molecule has 0 unspecified atom stereocenters. The summed E-state index contributed by atoms with van der Waals surface area (Å²) in [4.78, 5) is 8.93. The van der Waals surface area contributed by atoms with Crippen LogP contribution in [0.15, 0.2) is 6.20 Å². The van der Waals surface area contributed by atoms with Crippen LogP contribution in [-0.2, 0) is 7.05 Å². The first kappa shape index (κ1) is 14.0. The molecule has 0 spiro atoms. The fraction of sp³-hybridized carbons (Fsp3) is 0.417. The summed E-state index contributed by atoms with van der Waals surface area (Å²) in [6.07, 6.45) is 1.80. The van der Waals surface area contributed by atoms with Gasteiger partial charge in [0.05, 0.1) is 16.4 Å². The molecule has 0 bridgehead atoms. The molecule has 0 radical (unpaired) electrons. The van der Waals surface area contributed by atoms with E-state index in [1.165, 1.54) is 0 Å². The third kappa shape index (κ3) is 2.65. The van der Waals surface area contributed by atoms with Crippen molar-refractivity contribution in [3.63, 3.8) is 0 Å². The Hall–Kier alpha value is -1.38. The maximum Gasteiger partial charge on any atom is 0.222 e. The van der Waals surface area contributed by atoms with Crippen LogP contribution in [0.5, 0.6) is 5.88 Å². The summed E-state index contributed by atoms with van der Waals surface area (Å²) < 4.78 is 8.06. The van der Waals surface area contributed by atoms with E-state index in [-0.39, 0.29) is 0 Å². The minimum absolute atomic E-state index is 0.624. The second-order valence-electron chi connectivity index (χ2n) is 4.01. The van der Waals surface area contributed by atoms with E-state index in [9.17, 15) is 0 Å². The van der Waals surface area contributed by atoms with Gasteiger partial charge in [0.2, 0.25) is 5.88 Å². The minimum Gasteiger partial charge on any atom is -0.481 e. The molecule has 0 amide bonds. The average Bonchev–Trinajstić information content (AvgIpc) is 2.66. The van der Waals surface area contributed by atoms with E-state index in [0.717, 1.165) is 27.2 Å². The molecule has 7 heteroatoms. The summed E-state index contributed by atoms with van der Waals surface area (Å²) in [5, 5.41) is 7.57. The van der Waals surface area contributed by atoms with Gasteiger partial charge in [-0.1, -0.05) is 0 Å². The lowest BCUT2D eigenvalue weighted by atomic mass is 10.2. The number of aryl methyl sites for hydroxylation is 2. The Morgan fingerprint density at radius 3 is 2.84 bits per heavy atom. The molecule has 2 aromatic heterocycles. The van der Waals surface area contributed by atoms with E-state index in [2.05, 4.69) is 43.0 Å². The molecule has 0 saturated carbocycles. The van der Waals surface area contributed by atoms with Gasteiger partial charge in [0.1, 0.15) is 11.4 Å². The fourth-order valence-electron chi connectivity index (χ4n) is 1.91. The van der Waals surface area contributed by atoms with Gasteiger partial charge < -0.3 is 10.1 Å². The minimum atomic E-state index is 0.624. The molecule has 0 atom stereocenters. The lowest BCUT2D eigenvalue weighted by molar-refractivity contribution is 0.374. The molecule has 0 aliphatic carbocycles. The molecule has 2 rings (SSSR count). The standard InChI is InChI=1S/C12H16IN5O/c1-5-14-10-8(13)6-15-11(16-10)9-7(2)17-18(3)12(9)19-4/h6H,5H2,1-4H3,(H,14,15,16). The summed E-state index contributed by atoms with van der Waals surface area (Å²) in [5.74, 6) is 2.12. The van der Waals surface area contributed by atoms with E-state index in [4.69, 9.17) is 4.74 Å². The second kappa shape index (κ2) is 5.72. The molecule has 2 aromatic rings. The number of hydrogen-bond donors (Lipinski definition) is 1. The summed E-state index contributed by atoms with van der Waals surface area (Å²) in [5.41, 5.74) is 1.68. The molecule has 2 heterocycles. The van der Waals surface area contributed by atoms with E-state index in [1.807, 2.05) is 20.9 Å². The monoisotopic (exact) mass is 373 g/mol. The number of ether oxygens (including phenoxy) is 1. The Kier molecular flexibility index (Phi) is 4.23. The first-order valence-electron chi connectivity index (χ1n) is 5.92. The number of halogens is 1. The Morgan fingerprint density at radius 1 is 1.47 bits per heavy atom. The van der Waals surface area contributed by atoms with E-state index >= 15 is 0 Å². The maximum atomic E-state index is 5.38. The van der Waals surface area contributed by atoms with Crippen LogP contribution in [0.4, 0.5) is 5.82 Å². The van der Waals surface area contributed by atoms with Gasteiger partial charge in [-0.15, -0.1) is 0 Å². The van der Waals surface area contributed by atoms with Crippen molar-refractivity contribution in [2.75, 3.05) is 19.0 Å². The van der Waals surface area contributed by atoms with Crippen LogP contribution in [0.2, 0.25) is 0 Å². The van der Waals surface area contributed by atoms with Gasteiger partial charge in [-0.3, -0.25) is 0 Å². The Balaban J connectivity index is 2.56. The molecule has 0 aliphatic rings. The average molecular weight is 373 g/mol. The number of methoxy groups -OCH3 is 1. The number of hydrogen-bond acceptors (Lipinski definition) is 5. The predicted octanol–water partition coefficient (Wildman–Crippen LogP) is 2.23. The van der Waals surface area contributed by atoms with Crippen molar-refractivity contribution in [3.05, 3.63) is 15.5 Å². The molecule has 0 aliphatic heterocycles. The zero-order chi connectivity index (χ0) is 14.0. The van der Waals surface area contributed by atoms with Crippen molar-refractivity contribution in [2.45, 2.75) is 13.8 Å². The molecule has 19 heavy (non-hydrogen) atoms. The SMILES string of the molecule is CCNc1nc(-c2c(C)nn(C)c2OC)ncc1I. The van der Waals surface area contributed by atoms with Crippen molar-refractivity contribution >= 4 is 28.4 Å². The maximum absolute atomic E-state index is 5.38. The van der Waals surface area contributed by atoms with Crippen molar-refractivity contribution in [3.8, 4) is 17.3 Å². The van der Waals surface area contributed by atoms with E-state index in [1.54, 1.807) is 18.0 Å². The molecular weight excluding hydrogens is 357 g/mol. The first-order chi connectivity index (χ1) is 9.08. The van der Waals surface area contributed by atoms with Gasteiger partial charge in [-0.25, -0.2) is 14.6 Å². The first-order valence-corrected chi connectivity index (χ1v) is 7.00. The van der Waals surface area contributed by atoms with Crippen molar-refractivity contribution in [1.29, 1.82) is 0 Å². The molecule has 0 saturated heterocycles. The molecule has 1 N–H and O–H groups in total. The summed E-state index contributed by atoms with van der Waals surface area (Å²) in [7, 11) is 3.46. The second-order valence-corrected chi connectivity index (χ2v) is 5.18. The normalized spacial score (nSPS) is 10.6. The topological polar surface area (TPSA) is 64.9 Å². The number of anilines is 1. The Morgan fingerprint density at radius 2 is 2.21 bits per heavy atom. The Labute approximate surface area is 125 Å². The smallest absolute Gasteiger partial charge is 0.222 e. The lowest BCUT2D eigenvalue weighted by Gasteiger charge is -2.08. The molecule has 0 aromatic carbocycles. The van der Waals surface area contributed by atoms with Crippen molar-refractivity contribution < 1.29 is 4.74 Å². The van der Waals surface area contributed by atoms with Crippen LogP contribution in [-0.4, -0.2) is 33.4 Å². The van der Waals surface area contributed by atoms with Gasteiger partial charge in [0.15, 0.2) is 5.82 Å². The summed E-state index contributed by atoms with van der Waals surface area (Å²) in [6.45, 7) is 4.77. The number of nitrogens with one attached hydrogen (secondary N) is 1. The molecule has 6 nitrogen and oxygen atoms in total. The van der Waals surface area contributed by atoms with Crippen LogP contribution in [0.25, 0.3) is 11.4 Å². The van der Waals surface area contributed by atoms with Crippen molar-refractivity contribution in [1.82, 2.24) is 19.7 Å². The highest BCUT2D eigenvalue weighted by Gasteiger charge is 2.19. The van der Waals surface area contributed by atoms with Crippen LogP contribution in [0.1, 0.15) is 12.6 Å². The zero-order valence-corrected chi connectivity index (χ0v) is 13.5. The molecule has 0 fully saturated rings. The van der Waals surface area contributed by atoms with Gasteiger partial charge in [0, 0.05) is 19.8 Å². The van der Waals surface area contributed by atoms with E-state index in [0.29, 0.717) is 11.7 Å². The van der Waals surface area contributed by atoms with Crippen LogP contribution < -0.4 is 10.1 Å². The Bertz CT molecular complexity index is 596. The third-order valence-corrected chi connectivity index (χ3v) is 3.46. The summed E-state index contributed by atoms with van der Waals surface area (Å²) >= 11 is 2.21. The van der Waals surface area contributed by atoms with Gasteiger partial charge >= 0.3 is 0 Å². The van der Waals surface area contributed by atoms with Gasteiger partial charge in [-0.05, 0) is 36.4 Å². The van der Waals surface area contributed by atoms with E-state index < -0.39 is 0 Å². The zero-order valence-electron chi connectivity index (χ0n) is 11.4. The third-order valence-electron chi connectivity index (χ3n) is 2.67. The summed E-state index contributed by atoms with van der Waals surface area (Å²) in [6, 6.07) is 0. The highest BCUT2D eigenvalue weighted by atomic mass is 127. The molecule has 102 valence electrons. The van der Waals surface area contributed by atoms with Gasteiger partial charge in [0.25, 0.3) is 0 Å². The van der Waals surface area contributed by atoms with Crippen LogP contribution in [0.3, 0.4) is 0 Å². The largest absolute Gasteiger partial charge is 0.481 e. The number of nitrogens with zero attached hydrogens (tertiary/aromatic N) is 4. The predicted molar refractivity (Wildman–Crippen MR) is 82.4 cm³/mol.